The van der Waals surface area contributed by atoms with Gasteiger partial charge in [-0.15, -0.1) is 0 Å². The molecule has 2 saturated heterocycles. The molecule has 3 aromatic rings. The number of fused-ring (bicyclic) bond motifs is 3. The number of benzene rings is 3. The number of carbonyl (C=O) groups is 2. The highest BCUT2D eigenvalue weighted by Crippen LogP contribution is 2.52. The summed E-state index contributed by atoms with van der Waals surface area (Å²) in [5.41, 5.74) is 8.56. The van der Waals surface area contributed by atoms with Crippen LogP contribution in [0, 0.1) is 37.5 Å². The number of aryl methyl sites for hydroxylation is 2. The molecule has 2 aliphatic heterocycles. The summed E-state index contributed by atoms with van der Waals surface area (Å²) in [6.45, 7) is 10.2. The fourth-order valence-corrected chi connectivity index (χ4v) is 7.67. The fourth-order valence-electron chi connectivity index (χ4n) is 7.67. The molecule has 0 spiro atoms. The molecule has 1 aliphatic carbocycles. The summed E-state index contributed by atoms with van der Waals surface area (Å²) in [6, 6.07) is 21.2. The topological polar surface area (TPSA) is 99.1 Å². The van der Waals surface area contributed by atoms with Crippen LogP contribution in [0.5, 0.6) is 5.75 Å². The van der Waals surface area contributed by atoms with Gasteiger partial charge in [-0.3, -0.25) is 14.5 Å². The Labute approximate surface area is 272 Å². The number of imide groups is 1. The molecule has 8 heteroatoms. The number of phenols is 1. The van der Waals surface area contributed by atoms with Crippen molar-refractivity contribution in [1.82, 2.24) is 0 Å². The molecule has 0 radical (unpaired) electrons. The van der Waals surface area contributed by atoms with Gasteiger partial charge in [0.05, 0.1) is 23.6 Å². The van der Waals surface area contributed by atoms with E-state index in [0.29, 0.717) is 30.6 Å². The van der Waals surface area contributed by atoms with E-state index in [4.69, 9.17) is 4.65 Å². The van der Waals surface area contributed by atoms with Crippen molar-refractivity contribution in [1.29, 1.82) is 0 Å². The first kappa shape index (κ1) is 31.8. The summed E-state index contributed by atoms with van der Waals surface area (Å²) in [4.78, 5) is 29.4. The molecule has 2 amide bonds. The molecule has 7 nitrogen and oxygen atoms in total. The van der Waals surface area contributed by atoms with E-state index < -0.39 is 19.0 Å². The molecule has 3 aromatic carbocycles. The molecule has 0 aromatic heterocycles. The van der Waals surface area contributed by atoms with Crippen LogP contribution in [0.1, 0.15) is 56.7 Å². The van der Waals surface area contributed by atoms with E-state index in [1.807, 2.05) is 80.6 Å². The van der Waals surface area contributed by atoms with E-state index in [1.165, 1.54) is 10.5 Å². The minimum Gasteiger partial charge on any atom is -0.507 e. The van der Waals surface area contributed by atoms with Crippen molar-refractivity contribution in [3.63, 3.8) is 0 Å². The number of hydrogen-bond acceptors (Lipinski definition) is 6. The van der Waals surface area contributed by atoms with Crippen LogP contribution in [0.3, 0.4) is 0 Å². The Morgan fingerprint density at radius 3 is 2.30 bits per heavy atom. The molecule has 3 aliphatic rings. The van der Waals surface area contributed by atoms with Gasteiger partial charge < -0.3 is 20.1 Å². The Morgan fingerprint density at radius 1 is 1.00 bits per heavy atom. The Bertz CT molecular complexity index is 1670. The smallest absolute Gasteiger partial charge is 0.455 e. The Morgan fingerprint density at radius 2 is 1.65 bits per heavy atom. The zero-order chi connectivity index (χ0) is 32.7. The first-order valence-corrected chi connectivity index (χ1v) is 16.4. The van der Waals surface area contributed by atoms with Crippen LogP contribution < -0.4 is 10.2 Å². The maximum atomic E-state index is 14.1. The van der Waals surface area contributed by atoms with Crippen LogP contribution >= 0.6 is 0 Å². The molecule has 46 heavy (non-hydrogen) atoms. The summed E-state index contributed by atoms with van der Waals surface area (Å²) in [5.74, 6) is -1.07. The first-order chi connectivity index (χ1) is 22.0. The Balaban J connectivity index is 1.24. The average molecular weight is 619 g/mol. The third-order valence-electron chi connectivity index (χ3n) is 9.86. The number of nitrogens with zero attached hydrogens (tertiary/aromatic N) is 1. The van der Waals surface area contributed by atoms with Gasteiger partial charge in [0.15, 0.2) is 0 Å². The number of amides is 2. The maximum Gasteiger partial charge on any atom is 0.455 e. The Hall–Kier alpha value is -4.14. The number of rotatable bonds is 8. The zero-order valence-electron chi connectivity index (χ0n) is 27.3. The third-order valence-corrected chi connectivity index (χ3v) is 9.86. The second-order valence-corrected chi connectivity index (χ2v) is 13.5. The third kappa shape index (κ3) is 6.16. The van der Waals surface area contributed by atoms with E-state index in [-0.39, 0.29) is 29.8 Å². The van der Waals surface area contributed by atoms with Gasteiger partial charge in [0.2, 0.25) is 11.8 Å². The van der Waals surface area contributed by atoms with Gasteiger partial charge in [-0.2, -0.15) is 0 Å². The maximum absolute atomic E-state index is 14.1. The largest absolute Gasteiger partial charge is 0.507 e. The molecule has 3 N–H and O–H groups in total. The number of para-hydroxylation sites is 1. The standard InChI is InChI=1S/C38H43BN2O5/c1-22(2)30-20-31-35(38(44)41(37(31)43)29-14-12-28(13-15-29)40-27-9-7-6-8-10-27)32-21-39(45)46-33(34(30)32)16-11-23(3)17-26-18-24(4)36(42)25(5)19-26/h6-10,12-15,17-19,22,31-33,35,40,42,45H,11,16,20-21H2,1-5H3/b23-17+/t31-,32+,33-,35-/m1/s1. The second-order valence-electron chi connectivity index (χ2n) is 13.5. The molecule has 0 unspecified atom stereocenters. The molecule has 2 fully saturated rings. The van der Waals surface area contributed by atoms with E-state index in [2.05, 4.69) is 32.2 Å². The highest BCUT2D eigenvalue weighted by Gasteiger charge is 2.57. The van der Waals surface area contributed by atoms with Crippen LogP contribution in [0.4, 0.5) is 17.1 Å². The van der Waals surface area contributed by atoms with Gasteiger partial charge in [-0.05, 0) is 129 Å². The predicted octanol–water partition coefficient (Wildman–Crippen LogP) is 7.59. The lowest BCUT2D eigenvalue weighted by molar-refractivity contribution is -0.122. The van der Waals surface area contributed by atoms with Crippen molar-refractivity contribution in [3.05, 3.63) is 100 Å². The number of hydrogen-bond donors (Lipinski definition) is 3. The van der Waals surface area contributed by atoms with E-state index in [1.54, 1.807) is 0 Å². The predicted molar refractivity (Wildman–Crippen MR) is 184 cm³/mol. The first-order valence-electron chi connectivity index (χ1n) is 16.4. The Kier molecular flexibility index (Phi) is 8.95. The van der Waals surface area contributed by atoms with Crippen molar-refractivity contribution < 1.29 is 24.4 Å². The molecule has 238 valence electrons. The molecule has 0 bridgehead atoms. The summed E-state index contributed by atoms with van der Waals surface area (Å²) >= 11 is 0. The highest BCUT2D eigenvalue weighted by molar-refractivity contribution is 6.43. The zero-order valence-corrected chi connectivity index (χ0v) is 27.3. The number of nitrogens with one attached hydrogen (secondary N) is 1. The molecule has 2 heterocycles. The lowest BCUT2D eigenvalue weighted by atomic mass is 9.57. The lowest BCUT2D eigenvalue weighted by Gasteiger charge is -2.44. The fraction of sp³-hybridized carbons (Fsp3) is 0.368. The quantitative estimate of drug-likeness (QED) is 0.137. The van der Waals surface area contributed by atoms with Crippen molar-refractivity contribution in [2.24, 2.45) is 23.7 Å². The van der Waals surface area contributed by atoms with Gasteiger partial charge in [0.1, 0.15) is 5.75 Å². The monoisotopic (exact) mass is 618 g/mol. The van der Waals surface area contributed by atoms with Gasteiger partial charge >= 0.3 is 7.12 Å². The van der Waals surface area contributed by atoms with Gasteiger partial charge in [0, 0.05) is 11.4 Å². The average Bonchev–Trinajstić information content (AvgIpc) is 3.28. The van der Waals surface area contributed by atoms with Crippen LogP contribution in [0.25, 0.3) is 6.08 Å². The van der Waals surface area contributed by atoms with Gasteiger partial charge in [0.25, 0.3) is 0 Å². The van der Waals surface area contributed by atoms with Gasteiger partial charge in [-0.25, -0.2) is 0 Å². The number of allylic oxidation sites excluding steroid dienone is 2. The van der Waals surface area contributed by atoms with Crippen molar-refractivity contribution in [2.45, 2.75) is 66.3 Å². The SMILES string of the molecule is C/C(=C\c1cc(C)c(O)c(C)c1)CC[C@H]1OB(O)C[C@H]2C1=C(C(C)C)C[C@H]1C(=O)N(c3ccc(Nc4ccccc4)cc3)C(=O)[C@H]12. The molecular weight excluding hydrogens is 575 g/mol. The normalized spacial score (nSPS) is 23.2. The minimum absolute atomic E-state index is 0.160. The lowest BCUT2D eigenvalue weighted by Crippen LogP contribution is -2.46. The molecule has 0 saturated carbocycles. The van der Waals surface area contributed by atoms with Crippen molar-refractivity contribution in [2.75, 3.05) is 10.2 Å². The summed E-state index contributed by atoms with van der Waals surface area (Å²) in [6.07, 6.45) is 4.03. The summed E-state index contributed by atoms with van der Waals surface area (Å²) < 4.78 is 6.20. The van der Waals surface area contributed by atoms with E-state index >= 15 is 0 Å². The van der Waals surface area contributed by atoms with Crippen LogP contribution in [-0.2, 0) is 14.2 Å². The second kappa shape index (κ2) is 12.9. The minimum atomic E-state index is -1.00. The summed E-state index contributed by atoms with van der Waals surface area (Å²) in [5, 5.41) is 24.5. The molecular formula is C38H43BN2O5. The van der Waals surface area contributed by atoms with E-state index in [0.717, 1.165) is 45.6 Å². The number of carbonyl (C=O) groups excluding carboxylic acids is 2. The molecule has 4 atom stereocenters. The van der Waals surface area contributed by atoms with Crippen molar-refractivity contribution in [3.8, 4) is 5.75 Å². The van der Waals surface area contributed by atoms with Crippen LogP contribution in [-0.4, -0.2) is 35.2 Å². The number of aromatic hydroxyl groups is 1. The number of phenolic OH excluding ortho intramolecular Hbond substituents is 1. The molecule has 6 rings (SSSR count). The van der Waals surface area contributed by atoms with Crippen LogP contribution in [0.2, 0.25) is 6.32 Å². The number of anilines is 3. The van der Waals surface area contributed by atoms with Crippen LogP contribution in [0.15, 0.2) is 83.4 Å². The van der Waals surface area contributed by atoms with Gasteiger partial charge in [-0.1, -0.05) is 49.3 Å². The summed E-state index contributed by atoms with van der Waals surface area (Å²) in [7, 11) is -1.00. The highest BCUT2D eigenvalue weighted by atomic mass is 16.5. The van der Waals surface area contributed by atoms with Crippen molar-refractivity contribution >= 4 is 42.1 Å². The van der Waals surface area contributed by atoms with E-state index in [9.17, 15) is 19.7 Å².